The first-order valence-corrected chi connectivity index (χ1v) is 8.26. The van der Waals surface area contributed by atoms with Crippen molar-refractivity contribution in [3.05, 3.63) is 23.3 Å². The van der Waals surface area contributed by atoms with Crippen molar-refractivity contribution >= 4 is 17.1 Å². The minimum Gasteiger partial charge on any atom is -0.506 e. The number of ether oxygens (including phenoxy) is 2. The third-order valence-corrected chi connectivity index (χ3v) is 3.80. The summed E-state index contributed by atoms with van der Waals surface area (Å²) >= 11 is 0. The number of aliphatic hydroxyl groups excluding tert-OH is 1. The number of aliphatic hydroxyl groups is 1. The maximum absolute atomic E-state index is 11.6. The fourth-order valence-electron chi connectivity index (χ4n) is 2.58. The van der Waals surface area contributed by atoms with Gasteiger partial charge in [0.25, 0.3) is 0 Å². The van der Waals surface area contributed by atoms with Crippen LogP contribution in [-0.4, -0.2) is 40.0 Å². The fraction of sp³-hybridized carbons (Fsp3) is 0.500. The first-order chi connectivity index (χ1) is 11.6. The number of fused-ring (bicyclic) bond motifs is 1. The van der Waals surface area contributed by atoms with E-state index in [1.54, 1.807) is 19.9 Å². The Hall–Kier alpha value is -2.25. The minimum atomic E-state index is -0.826. The normalized spacial score (nSPS) is 13.0. The van der Waals surface area contributed by atoms with Crippen LogP contribution in [0.4, 0.5) is 4.79 Å². The number of carbonyl (C=O) groups is 1. The second-order valence-corrected chi connectivity index (χ2v) is 6.93. The van der Waals surface area contributed by atoms with Crippen molar-refractivity contribution in [3.63, 3.8) is 0 Å². The van der Waals surface area contributed by atoms with Gasteiger partial charge in [0.05, 0.1) is 18.2 Å². The van der Waals surface area contributed by atoms with E-state index in [0.717, 1.165) is 0 Å². The van der Waals surface area contributed by atoms with Crippen LogP contribution in [0, 0.1) is 6.92 Å². The molecule has 4 N–H and O–H groups in total. The third kappa shape index (κ3) is 4.43. The van der Waals surface area contributed by atoms with Crippen LogP contribution < -0.4 is 10.1 Å². The third-order valence-electron chi connectivity index (χ3n) is 3.80. The zero-order chi connectivity index (χ0) is 18.8. The van der Waals surface area contributed by atoms with E-state index in [2.05, 4.69) is 10.3 Å². The summed E-state index contributed by atoms with van der Waals surface area (Å²) in [4.78, 5) is 14.5. The second-order valence-electron chi connectivity index (χ2n) is 6.93. The Bertz CT molecular complexity index is 761. The zero-order valence-corrected chi connectivity index (χ0v) is 15.3. The van der Waals surface area contributed by atoms with E-state index in [9.17, 15) is 15.0 Å². The summed E-state index contributed by atoms with van der Waals surface area (Å²) in [6.45, 7) is 10.0. The van der Waals surface area contributed by atoms with Gasteiger partial charge in [-0.3, -0.25) is 0 Å². The van der Waals surface area contributed by atoms with Crippen molar-refractivity contribution in [1.82, 2.24) is 10.3 Å². The fourth-order valence-corrected chi connectivity index (χ4v) is 2.58. The molecule has 0 amide bonds. The van der Waals surface area contributed by atoms with Crippen molar-refractivity contribution in [1.29, 1.82) is 0 Å². The summed E-state index contributed by atoms with van der Waals surface area (Å²) in [5, 5.41) is 24.6. The lowest BCUT2D eigenvalue weighted by Crippen LogP contribution is -2.38. The molecule has 1 aromatic carbocycles. The van der Waals surface area contributed by atoms with Gasteiger partial charge < -0.3 is 30.0 Å². The van der Waals surface area contributed by atoms with Crippen LogP contribution in [0.2, 0.25) is 0 Å². The molecule has 0 aliphatic heterocycles. The molecule has 1 aromatic heterocycles. The number of aromatic hydroxyl groups is 1. The Labute approximate surface area is 146 Å². The quantitative estimate of drug-likeness (QED) is 0.618. The SMILES string of the molecule is CCOC(=O)Oc1[nH]c2c(O)ccc(C(O)CNC(C)(C)C)c2c1C. The van der Waals surface area contributed by atoms with Gasteiger partial charge in [-0.2, -0.15) is 0 Å². The molecule has 0 saturated heterocycles. The largest absolute Gasteiger partial charge is 0.515 e. The molecule has 0 spiro atoms. The molecule has 0 fully saturated rings. The number of hydrogen-bond acceptors (Lipinski definition) is 6. The second kappa shape index (κ2) is 7.33. The summed E-state index contributed by atoms with van der Waals surface area (Å²) in [6, 6.07) is 3.17. The minimum absolute atomic E-state index is 0.0107. The standard InChI is InChI=1S/C18H26N2O5/c1-6-24-17(23)25-16-10(2)14-11(7-8-12(21)15(14)20-16)13(22)9-19-18(3,4)5/h7-8,13,19-22H,6,9H2,1-5H3. The van der Waals surface area contributed by atoms with Crippen LogP contribution in [0.3, 0.4) is 0 Å². The van der Waals surface area contributed by atoms with E-state index in [4.69, 9.17) is 9.47 Å². The predicted molar refractivity (Wildman–Crippen MR) is 95.1 cm³/mol. The number of rotatable bonds is 5. The Morgan fingerprint density at radius 2 is 2.04 bits per heavy atom. The van der Waals surface area contributed by atoms with Gasteiger partial charge in [-0.05, 0) is 46.2 Å². The average molecular weight is 350 g/mol. The Morgan fingerprint density at radius 1 is 1.36 bits per heavy atom. The lowest BCUT2D eigenvalue weighted by molar-refractivity contribution is 0.102. The van der Waals surface area contributed by atoms with Crippen LogP contribution in [0.25, 0.3) is 10.9 Å². The van der Waals surface area contributed by atoms with Gasteiger partial charge in [0, 0.05) is 23.0 Å². The van der Waals surface area contributed by atoms with Crippen molar-refractivity contribution in [3.8, 4) is 11.6 Å². The van der Waals surface area contributed by atoms with Gasteiger partial charge in [-0.15, -0.1) is 0 Å². The zero-order valence-electron chi connectivity index (χ0n) is 15.3. The molecule has 1 unspecified atom stereocenters. The highest BCUT2D eigenvalue weighted by Gasteiger charge is 2.22. The Morgan fingerprint density at radius 3 is 2.64 bits per heavy atom. The number of carbonyl (C=O) groups excluding carboxylic acids is 1. The lowest BCUT2D eigenvalue weighted by Gasteiger charge is -2.23. The molecular weight excluding hydrogens is 324 g/mol. The highest BCUT2D eigenvalue weighted by Crippen LogP contribution is 2.37. The maximum Gasteiger partial charge on any atom is 0.515 e. The number of H-pyrrole nitrogens is 1. The number of aromatic amines is 1. The summed E-state index contributed by atoms with van der Waals surface area (Å²) in [7, 11) is 0. The predicted octanol–water partition coefficient (Wildman–Crippen LogP) is 3.14. The molecule has 0 bridgehead atoms. The van der Waals surface area contributed by atoms with Gasteiger partial charge in [0.15, 0.2) is 0 Å². The molecule has 25 heavy (non-hydrogen) atoms. The molecule has 1 atom stereocenters. The number of phenolic OH excluding ortho intramolecular Hbond substituents is 1. The van der Waals surface area contributed by atoms with Crippen LogP contribution in [-0.2, 0) is 4.74 Å². The molecule has 0 aliphatic carbocycles. The summed E-state index contributed by atoms with van der Waals surface area (Å²) in [5.41, 5.74) is 1.52. The monoisotopic (exact) mass is 350 g/mol. The molecule has 0 aliphatic rings. The highest BCUT2D eigenvalue weighted by atomic mass is 16.7. The summed E-state index contributed by atoms with van der Waals surface area (Å²) in [5.74, 6) is 0.198. The Balaban J connectivity index is 2.40. The van der Waals surface area contributed by atoms with E-state index in [0.29, 0.717) is 28.6 Å². The maximum atomic E-state index is 11.6. The molecular formula is C18H26N2O5. The molecule has 0 radical (unpaired) electrons. The first-order valence-electron chi connectivity index (χ1n) is 8.26. The van der Waals surface area contributed by atoms with E-state index in [-0.39, 0.29) is 23.8 Å². The van der Waals surface area contributed by atoms with Gasteiger partial charge >= 0.3 is 6.16 Å². The Kier molecular flexibility index (Phi) is 5.59. The number of aryl methyl sites for hydroxylation is 1. The topological polar surface area (TPSA) is 104 Å². The van der Waals surface area contributed by atoms with Crippen molar-refractivity contribution in [2.75, 3.05) is 13.2 Å². The van der Waals surface area contributed by atoms with Gasteiger partial charge in [-0.25, -0.2) is 4.79 Å². The van der Waals surface area contributed by atoms with Gasteiger partial charge in [0.1, 0.15) is 5.75 Å². The number of nitrogens with one attached hydrogen (secondary N) is 2. The van der Waals surface area contributed by atoms with Crippen molar-refractivity contribution < 1.29 is 24.5 Å². The molecule has 7 heteroatoms. The molecule has 138 valence electrons. The van der Waals surface area contributed by atoms with Crippen molar-refractivity contribution in [2.24, 2.45) is 0 Å². The van der Waals surface area contributed by atoms with Crippen molar-refractivity contribution in [2.45, 2.75) is 46.3 Å². The number of hydrogen-bond donors (Lipinski definition) is 4. The smallest absolute Gasteiger partial charge is 0.506 e. The lowest BCUT2D eigenvalue weighted by atomic mass is 10.00. The molecule has 7 nitrogen and oxygen atoms in total. The van der Waals surface area contributed by atoms with Gasteiger partial charge in [-0.1, -0.05) is 6.07 Å². The number of phenols is 1. The van der Waals surface area contributed by atoms with E-state index < -0.39 is 12.3 Å². The summed E-state index contributed by atoms with van der Waals surface area (Å²) < 4.78 is 9.93. The van der Waals surface area contributed by atoms with Crippen LogP contribution in [0.1, 0.15) is 44.9 Å². The number of aromatic nitrogens is 1. The van der Waals surface area contributed by atoms with Crippen LogP contribution in [0.5, 0.6) is 11.6 Å². The van der Waals surface area contributed by atoms with E-state index in [1.807, 2.05) is 20.8 Å². The first kappa shape index (κ1) is 19.1. The van der Waals surface area contributed by atoms with E-state index >= 15 is 0 Å². The highest BCUT2D eigenvalue weighted by molar-refractivity contribution is 5.93. The van der Waals surface area contributed by atoms with Crippen LogP contribution in [0.15, 0.2) is 12.1 Å². The average Bonchev–Trinajstić information content (AvgIpc) is 2.83. The number of β-amino-alcohol motifs (C(OH)–C–C–N with tert-alkyl or cyclic N) is 1. The molecule has 2 rings (SSSR count). The summed E-state index contributed by atoms with van der Waals surface area (Å²) in [6.07, 6.45) is -1.61. The molecule has 2 aromatic rings. The van der Waals surface area contributed by atoms with Gasteiger partial charge in [0.2, 0.25) is 5.88 Å². The molecule has 1 heterocycles. The number of benzene rings is 1. The van der Waals surface area contributed by atoms with Crippen LogP contribution >= 0.6 is 0 Å². The molecule has 0 saturated carbocycles. The van der Waals surface area contributed by atoms with E-state index in [1.165, 1.54) is 6.07 Å².